The summed E-state index contributed by atoms with van der Waals surface area (Å²) in [5.41, 5.74) is 0. The summed E-state index contributed by atoms with van der Waals surface area (Å²) in [6, 6.07) is 4.62. The Morgan fingerprint density at radius 2 is 1.74 bits per heavy atom. The highest BCUT2D eigenvalue weighted by Gasteiger charge is 2.32. The van der Waals surface area contributed by atoms with Crippen LogP contribution >= 0.6 is 23.2 Å². The number of carbonyl (C=O) groups is 1. The second-order valence-electron chi connectivity index (χ2n) is 5.18. The molecule has 1 aliphatic rings. The van der Waals surface area contributed by atoms with Crippen LogP contribution in [0.3, 0.4) is 0 Å². The first-order valence-corrected chi connectivity index (χ1v) is 9.49. The van der Waals surface area contributed by atoms with E-state index >= 15 is 0 Å². The number of amides is 1. The maximum atomic E-state index is 12.7. The lowest BCUT2D eigenvalue weighted by Gasteiger charge is -2.33. The van der Waals surface area contributed by atoms with Crippen LogP contribution in [0.5, 0.6) is 0 Å². The normalized spacial score (nSPS) is 17.2. The number of nitrogens with zero attached hydrogens (tertiary/aromatic N) is 2. The number of hydrogen-bond donors (Lipinski definition) is 1. The van der Waals surface area contributed by atoms with Crippen LogP contribution in [0.1, 0.15) is 6.92 Å². The van der Waals surface area contributed by atoms with E-state index in [9.17, 15) is 13.2 Å². The number of nitrogens with one attached hydrogen (secondary N) is 1. The lowest BCUT2D eigenvalue weighted by molar-refractivity contribution is -0.122. The number of sulfonamides is 1. The average Bonchev–Trinajstić information content (AvgIpc) is 2.47. The van der Waals surface area contributed by atoms with Gasteiger partial charge in [-0.1, -0.05) is 29.3 Å². The molecule has 0 aromatic heterocycles. The SMILES string of the molecule is CCNC(=O)CN1CCN(S(=O)(=O)c2c(Cl)cccc2Cl)CC1. The van der Waals surface area contributed by atoms with Crippen molar-refractivity contribution in [1.29, 1.82) is 0 Å². The molecule has 23 heavy (non-hydrogen) atoms. The lowest BCUT2D eigenvalue weighted by Crippen LogP contribution is -2.51. The van der Waals surface area contributed by atoms with Crippen molar-refractivity contribution in [3.05, 3.63) is 28.2 Å². The smallest absolute Gasteiger partial charge is 0.246 e. The van der Waals surface area contributed by atoms with Gasteiger partial charge in [0.05, 0.1) is 16.6 Å². The molecule has 0 unspecified atom stereocenters. The molecule has 6 nitrogen and oxygen atoms in total. The molecule has 1 aliphatic heterocycles. The van der Waals surface area contributed by atoms with Gasteiger partial charge in [0.25, 0.3) is 0 Å². The Hall–Kier alpha value is -0.860. The van der Waals surface area contributed by atoms with E-state index in [0.717, 1.165) is 0 Å². The highest BCUT2D eigenvalue weighted by atomic mass is 35.5. The van der Waals surface area contributed by atoms with Crippen molar-refractivity contribution in [2.24, 2.45) is 0 Å². The van der Waals surface area contributed by atoms with Crippen LogP contribution in [-0.2, 0) is 14.8 Å². The zero-order valence-corrected chi connectivity index (χ0v) is 15.1. The molecule has 0 saturated carbocycles. The van der Waals surface area contributed by atoms with Crippen molar-refractivity contribution in [1.82, 2.24) is 14.5 Å². The fourth-order valence-electron chi connectivity index (χ4n) is 2.44. The first-order valence-electron chi connectivity index (χ1n) is 7.29. The highest BCUT2D eigenvalue weighted by Crippen LogP contribution is 2.31. The Kier molecular flexibility index (Phi) is 6.27. The molecule has 9 heteroatoms. The Morgan fingerprint density at radius 1 is 1.17 bits per heavy atom. The van der Waals surface area contributed by atoms with Crippen LogP contribution in [0.25, 0.3) is 0 Å². The maximum Gasteiger partial charge on any atom is 0.246 e. The van der Waals surface area contributed by atoms with Crippen LogP contribution < -0.4 is 5.32 Å². The predicted octanol–water partition coefficient (Wildman–Crippen LogP) is 1.44. The molecule has 1 heterocycles. The van der Waals surface area contributed by atoms with Gasteiger partial charge in [0.15, 0.2) is 0 Å². The van der Waals surface area contributed by atoms with Crippen LogP contribution in [0.15, 0.2) is 23.1 Å². The summed E-state index contributed by atoms with van der Waals surface area (Å²) in [6.45, 7) is 4.27. The average molecular weight is 380 g/mol. The molecule has 0 atom stereocenters. The summed E-state index contributed by atoms with van der Waals surface area (Å²) in [5.74, 6) is -0.0574. The van der Waals surface area contributed by atoms with E-state index in [2.05, 4.69) is 5.32 Å². The summed E-state index contributed by atoms with van der Waals surface area (Å²) >= 11 is 12.0. The molecule has 1 amide bonds. The van der Waals surface area contributed by atoms with Crippen molar-refractivity contribution in [2.75, 3.05) is 39.3 Å². The molecule has 1 fully saturated rings. The van der Waals surface area contributed by atoms with Crippen LogP contribution in [0.4, 0.5) is 0 Å². The van der Waals surface area contributed by atoms with E-state index in [4.69, 9.17) is 23.2 Å². The topological polar surface area (TPSA) is 69.7 Å². The quantitative estimate of drug-likeness (QED) is 0.839. The van der Waals surface area contributed by atoms with Gasteiger partial charge in [-0.25, -0.2) is 8.42 Å². The summed E-state index contributed by atoms with van der Waals surface area (Å²) in [4.78, 5) is 13.4. The fraction of sp³-hybridized carbons (Fsp3) is 0.500. The molecule has 2 rings (SSSR count). The van der Waals surface area contributed by atoms with E-state index in [0.29, 0.717) is 32.7 Å². The highest BCUT2D eigenvalue weighted by molar-refractivity contribution is 7.89. The lowest BCUT2D eigenvalue weighted by atomic mass is 10.3. The second-order valence-corrected chi connectivity index (χ2v) is 7.87. The maximum absolute atomic E-state index is 12.7. The molecular formula is C14H19Cl2N3O3S. The van der Waals surface area contributed by atoms with E-state index in [1.54, 1.807) is 6.07 Å². The number of likely N-dealkylation sites (N-methyl/N-ethyl adjacent to an activating group) is 1. The molecule has 0 bridgehead atoms. The van der Waals surface area contributed by atoms with Crippen molar-refractivity contribution in [2.45, 2.75) is 11.8 Å². The summed E-state index contributed by atoms with van der Waals surface area (Å²) in [7, 11) is -3.74. The Labute approximate surface area is 146 Å². The minimum atomic E-state index is -3.74. The summed E-state index contributed by atoms with van der Waals surface area (Å²) in [5, 5.41) is 2.95. The van der Waals surface area contributed by atoms with Gasteiger partial charge in [0.1, 0.15) is 4.90 Å². The van der Waals surface area contributed by atoms with Gasteiger partial charge in [-0.3, -0.25) is 9.69 Å². The molecule has 1 N–H and O–H groups in total. The molecule has 1 aromatic rings. The third-order valence-electron chi connectivity index (χ3n) is 3.59. The molecular weight excluding hydrogens is 361 g/mol. The van der Waals surface area contributed by atoms with Crippen molar-refractivity contribution >= 4 is 39.1 Å². The van der Waals surface area contributed by atoms with Crippen molar-refractivity contribution in [3.8, 4) is 0 Å². The van der Waals surface area contributed by atoms with Crippen LogP contribution in [-0.4, -0.2) is 62.8 Å². The monoisotopic (exact) mass is 379 g/mol. The van der Waals surface area contributed by atoms with Crippen molar-refractivity contribution < 1.29 is 13.2 Å². The molecule has 0 aliphatic carbocycles. The van der Waals surface area contributed by atoms with Gasteiger partial charge in [-0.2, -0.15) is 4.31 Å². The van der Waals surface area contributed by atoms with Gasteiger partial charge >= 0.3 is 0 Å². The minimum absolute atomic E-state index is 0.0551. The first-order chi connectivity index (χ1) is 10.9. The Morgan fingerprint density at radius 3 is 2.26 bits per heavy atom. The number of piperazine rings is 1. The zero-order valence-electron chi connectivity index (χ0n) is 12.8. The van der Waals surface area contributed by atoms with E-state index < -0.39 is 10.0 Å². The summed E-state index contributed by atoms with van der Waals surface area (Å²) in [6.07, 6.45) is 0. The van der Waals surface area contributed by atoms with Gasteiger partial charge in [-0.15, -0.1) is 0 Å². The fourth-order valence-corrected chi connectivity index (χ4v) is 4.96. The van der Waals surface area contributed by atoms with Crippen LogP contribution in [0, 0.1) is 0 Å². The van der Waals surface area contributed by atoms with Gasteiger partial charge in [-0.05, 0) is 19.1 Å². The number of halogens is 2. The van der Waals surface area contributed by atoms with Gasteiger partial charge in [0.2, 0.25) is 15.9 Å². The number of hydrogen-bond acceptors (Lipinski definition) is 4. The Balaban J connectivity index is 2.06. The van der Waals surface area contributed by atoms with E-state index in [1.165, 1.54) is 16.4 Å². The predicted molar refractivity (Wildman–Crippen MR) is 90.3 cm³/mol. The third-order valence-corrected chi connectivity index (χ3v) is 6.44. The van der Waals surface area contributed by atoms with Gasteiger partial charge < -0.3 is 5.32 Å². The van der Waals surface area contributed by atoms with E-state index in [-0.39, 0.29) is 27.4 Å². The second kappa shape index (κ2) is 7.81. The number of carbonyl (C=O) groups excluding carboxylic acids is 1. The van der Waals surface area contributed by atoms with Gasteiger partial charge in [0, 0.05) is 32.7 Å². The van der Waals surface area contributed by atoms with E-state index in [1.807, 2.05) is 11.8 Å². The largest absolute Gasteiger partial charge is 0.355 e. The number of rotatable bonds is 5. The number of benzene rings is 1. The molecule has 1 saturated heterocycles. The first kappa shape index (κ1) is 18.5. The standard InChI is InChI=1S/C14H19Cl2N3O3S/c1-2-17-13(20)10-18-6-8-19(9-7-18)23(21,22)14-11(15)4-3-5-12(14)16/h3-5H,2,6-10H2,1H3,(H,17,20). The zero-order chi connectivity index (χ0) is 17.0. The Bertz CT molecular complexity index is 654. The van der Waals surface area contributed by atoms with Crippen molar-refractivity contribution in [3.63, 3.8) is 0 Å². The third kappa shape index (κ3) is 4.36. The molecule has 1 aromatic carbocycles. The summed E-state index contributed by atoms with van der Waals surface area (Å²) < 4.78 is 26.8. The molecule has 0 spiro atoms. The molecule has 128 valence electrons. The minimum Gasteiger partial charge on any atom is -0.355 e. The van der Waals surface area contributed by atoms with Crippen LogP contribution in [0.2, 0.25) is 10.0 Å². The molecule has 0 radical (unpaired) electrons.